The third-order valence-corrected chi connectivity index (χ3v) is 4.19. The average Bonchev–Trinajstić information content (AvgIpc) is 3.07. The second kappa shape index (κ2) is 6.15. The Hall–Kier alpha value is -2.41. The molecule has 0 aliphatic carbocycles. The lowest BCUT2D eigenvalue weighted by atomic mass is 10.3. The second-order valence-corrected chi connectivity index (χ2v) is 5.88. The van der Waals surface area contributed by atoms with Gasteiger partial charge >= 0.3 is 5.69 Å². The molecule has 22 heavy (non-hydrogen) atoms. The summed E-state index contributed by atoms with van der Waals surface area (Å²) in [5.74, 6) is -0.480. The Morgan fingerprint density at radius 2 is 2.23 bits per heavy atom. The highest BCUT2D eigenvalue weighted by Crippen LogP contribution is 2.11. The van der Waals surface area contributed by atoms with Gasteiger partial charge < -0.3 is 10.3 Å². The number of amides is 1. The fourth-order valence-electron chi connectivity index (χ4n) is 2.30. The number of fused-ring (bicyclic) bond motifs is 1. The van der Waals surface area contributed by atoms with E-state index in [2.05, 4.69) is 10.3 Å². The maximum Gasteiger partial charge on any atom is 0.326 e. The van der Waals surface area contributed by atoms with Crippen LogP contribution in [-0.2, 0) is 17.8 Å². The van der Waals surface area contributed by atoms with Gasteiger partial charge in [0, 0.05) is 18.0 Å². The number of benzene rings is 1. The van der Waals surface area contributed by atoms with Gasteiger partial charge in [-0.1, -0.05) is 6.07 Å². The van der Waals surface area contributed by atoms with E-state index in [1.54, 1.807) is 6.07 Å². The van der Waals surface area contributed by atoms with E-state index in [0.717, 1.165) is 4.88 Å². The standard InChI is InChI=1S/C15H14FN3O2S/c16-10-3-4-13-12(8-10)18-15(21)19(13)6-5-17-14(20)9-11-2-1-7-22-11/h1-4,7-8H,5-6,9H2,(H,17,20)(H,18,21). The fourth-order valence-corrected chi connectivity index (χ4v) is 3.00. The largest absolute Gasteiger partial charge is 0.354 e. The molecule has 2 N–H and O–H groups in total. The Bertz CT molecular complexity index is 851. The van der Waals surface area contributed by atoms with Gasteiger partial charge in [0.05, 0.1) is 17.5 Å². The zero-order valence-corrected chi connectivity index (χ0v) is 12.5. The first-order valence-corrected chi connectivity index (χ1v) is 7.68. The Morgan fingerprint density at radius 3 is 3.00 bits per heavy atom. The van der Waals surface area contributed by atoms with E-state index in [9.17, 15) is 14.0 Å². The number of carbonyl (C=O) groups is 1. The number of H-pyrrole nitrogens is 1. The van der Waals surface area contributed by atoms with Crippen molar-refractivity contribution in [2.45, 2.75) is 13.0 Å². The van der Waals surface area contributed by atoms with Crippen LogP contribution in [0.25, 0.3) is 11.0 Å². The summed E-state index contributed by atoms with van der Waals surface area (Å²) in [4.78, 5) is 27.2. The molecule has 0 unspecified atom stereocenters. The van der Waals surface area contributed by atoms with Gasteiger partial charge in [0.1, 0.15) is 5.82 Å². The van der Waals surface area contributed by atoms with E-state index < -0.39 is 5.82 Å². The molecule has 3 aromatic rings. The smallest absolute Gasteiger partial charge is 0.326 e. The van der Waals surface area contributed by atoms with Crippen LogP contribution in [0, 0.1) is 5.82 Å². The summed E-state index contributed by atoms with van der Waals surface area (Å²) in [6.07, 6.45) is 0.339. The molecule has 3 rings (SSSR count). The molecule has 114 valence electrons. The molecular weight excluding hydrogens is 305 g/mol. The summed E-state index contributed by atoms with van der Waals surface area (Å²) >= 11 is 1.53. The SMILES string of the molecule is O=C(Cc1cccs1)NCCn1c(=O)[nH]c2cc(F)ccc21. The normalized spacial score (nSPS) is 11.0. The van der Waals surface area contributed by atoms with Gasteiger partial charge in [-0.15, -0.1) is 11.3 Å². The highest BCUT2D eigenvalue weighted by Gasteiger charge is 2.08. The third kappa shape index (κ3) is 3.09. The zero-order valence-electron chi connectivity index (χ0n) is 11.6. The van der Waals surface area contributed by atoms with E-state index in [0.29, 0.717) is 30.5 Å². The van der Waals surface area contributed by atoms with Crippen LogP contribution in [0.2, 0.25) is 0 Å². The van der Waals surface area contributed by atoms with Crippen molar-refractivity contribution < 1.29 is 9.18 Å². The van der Waals surface area contributed by atoms with E-state index in [1.807, 2.05) is 17.5 Å². The maximum atomic E-state index is 13.1. The zero-order chi connectivity index (χ0) is 15.5. The molecule has 0 atom stereocenters. The summed E-state index contributed by atoms with van der Waals surface area (Å²) in [5.41, 5.74) is 0.766. The molecule has 0 saturated carbocycles. The van der Waals surface area contributed by atoms with Crippen LogP contribution in [-0.4, -0.2) is 22.0 Å². The lowest BCUT2D eigenvalue weighted by Gasteiger charge is -2.06. The van der Waals surface area contributed by atoms with Crippen molar-refractivity contribution in [1.29, 1.82) is 0 Å². The Morgan fingerprint density at radius 1 is 1.36 bits per heavy atom. The van der Waals surface area contributed by atoms with Crippen molar-refractivity contribution in [3.05, 3.63) is 56.9 Å². The lowest BCUT2D eigenvalue weighted by molar-refractivity contribution is -0.120. The van der Waals surface area contributed by atoms with Crippen LogP contribution in [0.1, 0.15) is 4.88 Å². The molecular formula is C15H14FN3O2S. The molecule has 1 aromatic carbocycles. The molecule has 0 spiro atoms. The van der Waals surface area contributed by atoms with E-state index in [-0.39, 0.29) is 11.6 Å². The number of carbonyl (C=O) groups excluding carboxylic acids is 1. The van der Waals surface area contributed by atoms with Crippen LogP contribution < -0.4 is 11.0 Å². The van der Waals surface area contributed by atoms with Gasteiger partial charge in [-0.25, -0.2) is 9.18 Å². The molecule has 0 radical (unpaired) electrons. The lowest BCUT2D eigenvalue weighted by Crippen LogP contribution is -2.30. The van der Waals surface area contributed by atoms with Crippen molar-refractivity contribution in [2.24, 2.45) is 0 Å². The van der Waals surface area contributed by atoms with Crippen LogP contribution in [0.15, 0.2) is 40.5 Å². The third-order valence-electron chi connectivity index (χ3n) is 3.31. The topological polar surface area (TPSA) is 66.9 Å². The molecule has 5 nitrogen and oxygen atoms in total. The minimum Gasteiger partial charge on any atom is -0.354 e. The van der Waals surface area contributed by atoms with Gasteiger partial charge in [-0.3, -0.25) is 9.36 Å². The summed E-state index contributed by atoms with van der Waals surface area (Å²) in [7, 11) is 0. The number of imidazole rings is 1. The van der Waals surface area contributed by atoms with Crippen LogP contribution in [0.3, 0.4) is 0 Å². The number of halogens is 1. The number of aromatic amines is 1. The first-order chi connectivity index (χ1) is 10.6. The van der Waals surface area contributed by atoms with Crippen molar-refractivity contribution in [3.63, 3.8) is 0 Å². The molecule has 0 fully saturated rings. The molecule has 0 saturated heterocycles. The molecule has 0 aliphatic rings. The molecule has 2 aromatic heterocycles. The molecule has 0 aliphatic heterocycles. The fraction of sp³-hybridized carbons (Fsp3) is 0.200. The molecule has 1 amide bonds. The minimum atomic E-state index is -0.398. The van der Waals surface area contributed by atoms with Crippen molar-refractivity contribution in [1.82, 2.24) is 14.9 Å². The van der Waals surface area contributed by atoms with Crippen LogP contribution in [0.5, 0.6) is 0 Å². The van der Waals surface area contributed by atoms with E-state index >= 15 is 0 Å². The number of hydrogen-bond donors (Lipinski definition) is 2. The maximum absolute atomic E-state index is 13.1. The summed E-state index contributed by atoms with van der Waals surface area (Å²) < 4.78 is 14.6. The van der Waals surface area contributed by atoms with Crippen molar-refractivity contribution in [2.75, 3.05) is 6.54 Å². The van der Waals surface area contributed by atoms with Gasteiger partial charge in [-0.05, 0) is 29.6 Å². The van der Waals surface area contributed by atoms with E-state index in [4.69, 9.17) is 0 Å². The first kappa shape index (κ1) is 14.5. The predicted molar refractivity (Wildman–Crippen MR) is 83.5 cm³/mol. The number of rotatable bonds is 5. The van der Waals surface area contributed by atoms with Crippen molar-refractivity contribution in [3.8, 4) is 0 Å². The minimum absolute atomic E-state index is 0.0821. The number of nitrogens with zero attached hydrogens (tertiary/aromatic N) is 1. The van der Waals surface area contributed by atoms with Gasteiger partial charge in [0.25, 0.3) is 0 Å². The van der Waals surface area contributed by atoms with Gasteiger partial charge in [0.2, 0.25) is 5.91 Å². The summed E-state index contributed by atoms with van der Waals surface area (Å²) in [6.45, 7) is 0.676. The van der Waals surface area contributed by atoms with Crippen LogP contribution in [0.4, 0.5) is 4.39 Å². The highest BCUT2D eigenvalue weighted by molar-refractivity contribution is 7.10. The Balaban J connectivity index is 1.63. The molecule has 0 bridgehead atoms. The monoisotopic (exact) mass is 319 g/mol. The number of nitrogens with one attached hydrogen (secondary N) is 2. The Kier molecular flexibility index (Phi) is 4.06. The Labute approximate surface area is 129 Å². The highest BCUT2D eigenvalue weighted by atomic mass is 32.1. The summed E-state index contributed by atoms with van der Waals surface area (Å²) in [5, 5.41) is 4.71. The average molecular weight is 319 g/mol. The quantitative estimate of drug-likeness (QED) is 0.754. The first-order valence-electron chi connectivity index (χ1n) is 6.80. The number of hydrogen-bond acceptors (Lipinski definition) is 3. The number of aromatic nitrogens is 2. The molecule has 2 heterocycles. The second-order valence-electron chi connectivity index (χ2n) is 4.85. The van der Waals surface area contributed by atoms with Crippen molar-refractivity contribution >= 4 is 28.3 Å². The van der Waals surface area contributed by atoms with Gasteiger partial charge in [-0.2, -0.15) is 0 Å². The number of thiophene rings is 1. The predicted octanol–water partition coefficient (Wildman–Crippen LogP) is 1.89. The van der Waals surface area contributed by atoms with Crippen LogP contribution >= 0.6 is 11.3 Å². The summed E-state index contributed by atoms with van der Waals surface area (Å²) in [6, 6.07) is 7.95. The van der Waals surface area contributed by atoms with E-state index in [1.165, 1.54) is 28.0 Å². The van der Waals surface area contributed by atoms with Gasteiger partial charge in [0.15, 0.2) is 0 Å². The molecule has 7 heteroatoms.